The van der Waals surface area contributed by atoms with Gasteiger partial charge < -0.3 is 0 Å². The minimum Gasteiger partial charge on any atom is -0.275 e. The van der Waals surface area contributed by atoms with Crippen molar-refractivity contribution in [1.29, 1.82) is 0 Å². The molecule has 0 unspecified atom stereocenters. The number of carbonyl (C=O) groups is 1. The van der Waals surface area contributed by atoms with Crippen LogP contribution < -0.4 is 0 Å². The average Bonchev–Trinajstić information content (AvgIpc) is 2.68. The van der Waals surface area contributed by atoms with Crippen LogP contribution in [-0.4, -0.2) is 25.1 Å². The first kappa shape index (κ1) is 26.2. The molecule has 0 N–H and O–H groups in total. The summed E-state index contributed by atoms with van der Waals surface area (Å²) in [5, 5.41) is 1.32. The molecule has 0 heterocycles. The first-order valence-electron chi connectivity index (χ1n) is 11.7. The maximum Gasteiger partial charge on any atom is 0.245 e. The van der Waals surface area contributed by atoms with Gasteiger partial charge in [0, 0.05) is 13.5 Å². The van der Waals surface area contributed by atoms with Crippen LogP contribution >= 0.6 is 0 Å². The molecule has 0 saturated carbocycles. The molecule has 0 spiro atoms. The summed E-state index contributed by atoms with van der Waals surface area (Å²) < 4.78 is 0. The fraction of sp³-hybridized carbons (Fsp3) is 0.875. The summed E-state index contributed by atoms with van der Waals surface area (Å²) >= 11 is 0. The highest BCUT2D eigenvalue weighted by molar-refractivity contribution is 5.74. The third-order valence-corrected chi connectivity index (χ3v) is 5.28. The molecule has 0 aromatic heterocycles. The Morgan fingerprint density at radius 1 is 0.704 bits per heavy atom. The van der Waals surface area contributed by atoms with Gasteiger partial charge in [-0.1, -0.05) is 96.1 Å². The quantitative estimate of drug-likeness (QED) is 0.123. The molecule has 0 aliphatic carbocycles. The van der Waals surface area contributed by atoms with Crippen molar-refractivity contribution >= 4 is 5.91 Å². The lowest BCUT2D eigenvalue weighted by Gasteiger charge is -2.12. The van der Waals surface area contributed by atoms with Gasteiger partial charge >= 0.3 is 0 Å². The van der Waals surface area contributed by atoms with Crippen molar-refractivity contribution in [2.45, 2.75) is 122 Å². The van der Waals surface area contributed by atoms with Crippen molar-refractivity contribution in [2.75, 3.05) is 14.2 Å². The van der Waals surface area contributed by atoms with Crippen LogP contribution in [0.3, 0.4) is 0 Å². The minimum absolute atomic E-state index is 0.0820. The zero-order valence-electron chi connectivity index (χ0n) is 18.6. The lowest BCUT2D eigenvalue weighted by Crippen LogP contribution is -2.24. The molecule has 0 radical (unpaired) electrons. The molecule has 0 bridgehead atoms. The Hall–Kier alpha value is -0.830. The third-order valence-electron chi connectivity index (χ3n) is 5.28. The Bertz CT molecular complexity index is 341. The standard InChI is InChI=1S/C24H47NO2/c1-4-5-6-7-8-9-10-11-12-13-14-15-16-17-18-19-20-21-22-23-24(26)25(2)27-3/h11-12H,4-10,13-23H2,1-3H3/b12-11-. The van der Waals surface area contributed by atoms with Gasteiger partial charge in [-0.15, -0.1) is 0 Å². The summed E-state index contributed by atoms with van der Waals surface area (Å²) in [4.78, 5) is 16.4. The van der Waals surface area contributed by atoms with E-state index in [0.717, 1.165) is 12.8 Å². The molecule has 0 aromatic rings. The predicted molar refractivity (Wildman–Crippen MR) is 118 cm³/mol. The fourth-order valence-electron chi connectivity index (χ4n) is 3.31. The van der Waals surface area contributed by atoms with Gasteiger partial charge in [-0.3, -0.25) is 9.63 Å². The monoisotopic (exact) mass is 381 g/mol. The molecule has 3 nitrogen and oxygen atoms in total. The van der Waals surface area contributed by atoms with E-state index in [9.17, 15) is 4.79 Å². The van der Waals surface area contributed by atoms with E-state index in [4.69, 9.17) is 4.84 Å². The van der Waals surface area contributed by atoms with Crippen LogP contribution in [0.1, 0.15) is 122 Å². The van der Waals surface area contributed by atoms with E-state index in [2.05, 4.69) is 19.1 Å². The Balaban J connectivity index is 3.16. The number of nitrogens with zero attached hydrogens (tertiary/aromatic N) is 1. The molecule has 0 aromatic carbocycles. The average molecular weight is 382 g/mol. The van der Waals surface area contributed by atoms with Crippen LogP contribution in [0, 0.1) is 0 Å². The smallest absolute Gasteiger partial charge is 0.245 e. The second-order valence-corrected chi connectivity index (χ2v) is 7.82. The molecule has 0 aliphatic rings. The number of hydrogen-bond acceptors (Lipinski definition) is 2. The zero-order chi connectivity index (χ0) is 20.0. The van der Waals surface area contributed by atoms with Gasteiger partial charge in [0.25, 0.3) is 0 Å². The molecule has 0 fully saturated rings. The number of allylic oxidation sites excluding steroid dienone is 2. The summed E-state index contributed by atoms with van der Waals surface area (Å²) in [6.07, 6.45) is 27.8. The van der Waals surface area contributed by atoms with E-state index in [1.807, 2.05) is 0 Å². The van der Waals surface area contributed by atoms with Crippen LogP contribution in [0.4, 0.5) is 0 Å². The second-order valence-electron chi connectivity index (χ2n) is 7.82. The first-order chi connectivity index (χ1) is 13.2. The van der Waals surface area contributed by atoms with Gasteiger partial charge in [-0.05, 0) is 32.1 Å². The Morgan fingerprint density at radius 3 is 1.56 bits per heavy atom. The normalized spacial score (nSPS) is 11.4. The van der Waals surface area contributed by atoms with Crippen LogP contribution in [0.5, 0.6) is 0 Å². The van der Waals surface area contributed by atoms with Crippen LogP contribution in [-0.2, 0) is 9.63 Å². The first-order valence-corrected chi connectivity index (χ1v) is 11.7. The molecule has 160 valence electrons. The maximum absolute atomic E-state index is 11.6. The highest BCUT2D eigenvalue weighted by Gasteiger charge is 2.06. The Morgan fingerprint density at radius 2 is 1.11 bits per heavy atom. The number of hydroxylamine groups is 2. The van der Waals surface area contributed by atoms with E-state index in [0.29, 0.717) is 6.42 Å². The van der Waals surface area contributed by atoms with Gasteiger partial charge in [0.05, 0.1) is 7.11 Å². The minimum atomic E-state index is 0.0820. The van der Waals surface area contributed by atoms with Crippen molar-refractivity contribution in [3.05, 3.63) is 12.2 Å². The SMILES string of the molecule is CCCCCCCC/C=C\CCCCCCCCCCCC(=O)N(C)OC. The van der Waals surface area contributed by atoms with Gasteiger partial charge in [0.15, 0.2) is 0 Å². The predicted octanol–water partition coefficient (Wildman–Crippen LogP) is 7.60. The van der Waals surface area contributed by atoms with Crippen molar-refractivity contribution < 1.29 is 9.63 Å². The molecule has 0 aliphatic heterocycles. The molecule has 3 heteroatoms. The number of carbonyl (C=O) groups excluding carboxylic acids is 1. The van der Waals surface area contributed by atoms with Gasteiger partial charge in [-0.25, -0.2) is 5.06 Å². The van der Waals surface area contributed by atoms with Crippen molar-refractivity contribution in [3.8, 4) is 0 Å². The lowest BCUT2D eigenvalue weighted by atomic mass is 10.1. The number of rotatable bonds is 20. The Labute approximate surface area is 169 Å². The van der Waals surface area contributed by atoms with Gasteiger partial charge in [0.1, 0.15) is 0 Å². The maximum atomic E-state index is 11.6. The largest absolute Gasteiger partial charge is 0.275 e. The third kappa shape index (κ3) is 19.7. The molecule has 0 atom stereocenters. The summed E-state index contributed by atoms with van der Waals surface area (Å²) in [6, 6.07) is 0. The highest BCUT2D eigenvalue weighted by Crippen LogP contribution is 2.12. The molecule has 1 amide bonds. The van der Waals surface area contributed by atoms with E-state index in [1.165, 1.54) is 108 Å². The topological polar surface area (TPSA) is 29.5 Å². The summed E-state index contributed by atoms with van der Waals surface area (Å²) in [5.41, 5.74) is 0. The summed E-state index contributed by atoms with van der Waals surface area (Å²) in [6.45, 7) is 2.28. The number of unbranched alkanes of at least 4 members (excludes halogenated alkanes) is 15. The van der Waals surface area contributed by atoms with Crippen molar-refractivity contribution in [3.63, 3.8) is 0 Å². The highest BCUT2D eigenvalue weighted by atomic mass is 16.7. The van der Waals surface area contributed by atoms with E-state index >= 15 is 0 Å². The van der Waals surface area contributed by atoms with Crippen LogP contribution in [0.2, 0.25) is 0 Å². The Kier molecular flexibility index (Phi) is 20.8. The summed E-state index contributed by atoms with van der Waals surface area (Å²) in [7, 11) is 3.21. The van der Waals surface area contributed by atoms with Gasteiger partial charge in [0.2, 0.25) is 5.91 Å². The number of hydrogen-bond donors (Lipinski definition) is 0. The number of amides is 1. The van der Waals surface area contributed by atoms with E-state index in [1.54, 1.807) is 7.05 Å². The molecular weight excluding hydrogens is 334 g/mol. The second kappa shape index (κ2) is 21.5. The van der Waals surface area contributed by atoms with E-state index in [-0.39, 0.29) is 5.91 Å². The summed E-state index contributed by atoms with van der Waals surface area (Å²) in [5.74, 6) is 0.0820. The van der Waals surface area contributed by atoms with E-state index < -0.39 is 0 Å². The van der Waals surface area contributed by atoms with Gasteiger partial charge in [-0.2, -0.15) is 0 Å². The molecular formula is C24H47NO2. The van der Waals surface area contributed by atoms with Crippen LogP contribution in [0.25, 0.3) is 0 Å². The molecule has 0 rings (SSSR count). The fourth-order valence-corrected chi connectivity index (χ4v) is 3.31. The molecule has 27 heavy (non-hydrogen) atoms. The molecule has 0 saturated heterocycles. The van der Waals surface area contributed by atoms with Crippen molar-refractivity contribution in [1.82, 2.24) is 5.06 Å². The van der Waals surface area contributed by atoms with Crippen molar-refractivity contribution in [2.24, 2.45) is 0 Å². The zero-order valence-corrected chi connectivity index (χ0v) is 18.6. The lowest BCUT2D eigenvalue weighted by molar-refractivity contribution is -0.168. The van der Waals surface area contributed by atoms with Crippen LogP contribution in [0.15, 0.2) is 12.2 Å².